The van der Waals surface area contributed by atoms with E-state index in [0.717, 1.165) is 24.8 Å². The van der Waals surface area contributed by atoms with E-state index < -0.39 is 17.8 Å². The Labute approximate surface area is 382 Å². The van der Waals surface area contributed by atoms with Crippen LogP contribution in [0.25, 0.3) is 0 Å². The minimum atomic E-state index is -0.703. The predicted molar refractivity (Wildman–Crippen MR) is 232 cm³/mol. The van der Waals surface area contributed by atoms with E-state index in [-0.39, 0.29) is 44.5 Å². The topological polar surface area (TPSA) is 213 Å². The van der Waals surface area contributed by atoms with Crippen molar-refractivity contribution in [2.75, 3.05) is 165 Å². The van der Waals surface area contributed by atoms with Gasteiger partial charge in [0.15, 0.2) is 0 Å². The lowest BCUT2D eigenvalue weighted by Gasteiger charge is -2.18. The number of nitrogens with zero attached hydrogens (tertiary/aromatic N) is 1. The van der Waals surface area contributed by atoms with Gasteiger partial charge in [0.25, 0.3) is 17.7 Å². The van der Waals surface area contributed by atoms with Gasteiger partial charge < -0.3 is 71.7 Å². The van der Waals surface area contributed by atoms with E-state index in [0.29, 0.717) is 169 Å². The first kappa shape index (κ1) is 55.8. The third-order valence-electron chi connectivity index (χ3n) is 9.20. The zero-order valence-electron chi connectivity index (χ0n) is 38.0. The number of allylic oxidation sites excluding steroid dienone is 1. The average Bonchev–Trinajstić information content (AvgIpc) is 3.64. The second kappa shape index (κ2) is 39.7. The summed E-state index contributed by atoms with van der Waals surface area (Å²) >= 11 is 0. The Balaban J connectivity index is 0.903. The second-order valence-corrected chi connectivity index (χ2v) is 14.3. The van der Waals surface area contributed by atoms with Gasteiger partial charge in [-0.25, -0.2) is 4.79 Å². The number of hydrogen-bond acceptors (Lipinski definition) is 18. The molecule has 1 aliphatic carbocycles. The van der Waals surface area contributed by atoms with Crippen molar-refractivity contribution in [3.63, 3.8) is 0 Å². The van der Waals surface area contributed by atoms with E-state index in [2.05, 4.69) is 17.5 Å². The summed E-state index contributed by atoms with van der Waals surface area (Å²) in [5.41, 5.74) is 1.67. The van der Waals surface area contributed by atoms with Crippen molar-refractivity contribution >= 4 is 23.7 Å². The zero-order chi connectivity index (χ0) is 46.1. The summed E-state index contributed by atoms with van der Waals surface area (Å²) in [5.74, 6) is -1.86. The third kappa shape index (κ3) is 30.4. The fourth-order valence-electron chi connectivity index (χ4n) is 5.70. The first-order valence-electron chi connectivity index (χ1n) is 22.7. The highest BCUT2D eigenvalue weighted by Crippen LogP contribution is 2.17. The molecule has 0 aromatic heterocycles. The van der Waals surface area contributed by atoms with Crippen molar-refractivity contribution in [3.05, 3.63) is 47.5 Å². The van der Waals surface area contributed by atoms with Gasteiger partial charge in [-0.3, -0.25) is 14.4 Å². The standard InChI is InChI=1S/C45H72N2O18/c48-42-10-11-43(49)47(42)65-44(50)12-14-52-16-18-54-20-22-56-24-26-58-28-30-60-32-34-62-36-37-63-35-33-61-31-29-59-27-25-57-23-21-55-19-17-53-15-13-46-45(51)40-8-6-39(7-9-40)38-64-41-4-2-1-3-5-41/h1-2,6-9,41H,3-5,10-38H2,(H,46,51). The van der Waals surface area contributed by atoms with Crippen LogP contribution in [0.5, 0.6) is 0 Å². The van der Waals surface area contributed by atoms with Crippen molar-refractivity contribution in [1.29, 1.82) is 0 Å². The number of amides is 3. The van der Waals surface area contributed by atoms with E-state index >= 15 is 0 Å². The average molecular weight is 929 g/mol. The monoisotopic (exact) mass is 928 g/mol. The molecule has 0 spiro atoms. The molecule has 65 heavy (non-hydrogen) atoms. The van der Waals surface area contributed by atoms with Gasteiger partial charge in [0.1, 0.15) is 0 Å². The largest absolute Gasteiger partial charge is 0.378 e. The van der Waals surface area contributed by atoms with Gasteiger partial charge >= 0.3 is 5.97 Å². The van der Waals surface area contributed by atoms with Crippen LogP contribution in [0.3, 0.4) is 0 Å². The predicted octanol–water partition coefficient (Wildman–Crippen LogP) is 2.24. The maximum absolute atomic E-state index is 12.4. The summed E-state index contributed by atoms with van der Waals surface area (Å²) in [5, 5.41) is 3.39. The Morgan fingerprint density at radius 1 is 0.508 bits per heavy atom. The first-order chi connectivity index (χ1) is 32.0. The summed E-state index contributed by atoms with van der Waals surface area (Å²) in [6, 6.07) is 7.51. The van der Waals surface area contributed by atoms with Crippen LogP contribution < -0.4 is 5.32 Å². The number of nitrogens with one attached hydrogen (secondary N) is 1. The molecule has 3 amide bonds. The molecule has 1 aromatic rings. The highest BCUT2D eigenvalue weighted by Gasteiger charge is 2.32. The first-order valence-corrected chi connectivity index (χ1v) is 22.7. The van der Waals surface area contributed by atoms with E-state index in [9.17, 15) is 19.2 Å². The number of hydroxylamine groups is 2. The van der Waals surface area contributed by atoms with Gasteiger partial charge in [0.05, 0.1) is 178 Å². The van der Waals surface area contributed by atoms with Crippen LogP contribution in [0.15, 0.2) is 36.4 Å². The Hall–Kier alpha value is -3.48. The maximum atomic E-state index is 12.4. The van der Waals surface area contributed by atoms with Crippen molar-refractivity contribution in [2.24, 2.45) is 0 Å². The number of benzene rings is 1. The van der Waals surface area contributed by atoms with E-state index in [1.54, 1.807) is 0 Å². The highest BCUT2D eigenvalue weighted by molar-refractivity contribution is 6.01. The summed E-state index contributed by atoms with van der Waals surface area (Å²) in [4.78, 5) is 51.7. The zero-order valence-corrected chi connectivity index (χ0v) is 38.0. The molecule has 1 atom stereocenters. The molecule has 1 aliphatic heterocycles. The van der Waals surface area contributed by atoms with E-state index in [4.69, 9.17) is 66.4 Å². The Bertz CT molecular complexity index is 1390. The normalized spacial score (nSPS) is 15.0. The molecule has 2 aliphatic rings. The molecular weight excluding hydrogens is 856 g/mol. The third-order valence-corrected chi connectivity index (χ3v) is 9.20. The van der Waals surface area contributed by atoms with E-state index in [1.807, 2.05) is 24.3 Å². The molecular formula is C45H72N2O18. The van der Waals surface area contributed by atoms with Crippen LogP contribution in [0.4, 0.5) is 0 Å². The Morgan fingerprint density at radius 2 is 0.892 bits per heavy atom. The summed E-state index contributed by atoms with van der Waals surface area (Å²) in [7, 11) is 0. The van der Waals surface area contributed by atoms with Gasteiger partial charge in [0, 0.05) is 24.9 Å². The molecule has 0 radical (unpaired) electrons. The van der Waals surface area contributed by atoms with Gasteiger partial charge in [-0.1, -0.05) is 24.3 Å². The number of hydrogen-bond donors (Lipinski definition) is 1. The molecule has 1 aromatic carbocycles. The highest BCUT2D eigenvalue weighted by atomic mass is 16.7. The molecule has 1 unspecified atom stereocenters. The molecule has 0 bridgehead atoms. The summed E-state index contributed by atoms with van der Waals surface area (Å²) in [6.07, 6.45) is 7.76. The molecule has 20 heteroatoms. The fraction of sp³-hybridized carbons (Fsp3) is 0.733. The SMILES string of the molecule is O=C(CCOCCOCCOCCOCCOCCOCCOCCOCCOCCOCCOCCOCCNC(=O)c1ccc(COC2CC=CCC2)cc1)ON1C(=O)CCC1=O. The Morgan fingerprint density at radius 3 is 1.28 bits per heavy atom. The van der Waals surface area contributed by atoms with Crippen molar-refractivity contribution in [3.8, 4) is 0 Å². The van der Waals surface area contributed by atoms with Crippen LogP contribution in [0.1, 0.15) is 54.4 Å². The molecule has 1 N–H and O–H groups in total. The maximum Gasteiger partial charge on any atom is 0.335 e. The number of imide groups is 1. The number of carbonyl (C=O) groups is 4. The van der Waals surface area contributed by atoms with Crippen molar-refractivity contribution in [2.45, 2.75) is 51.2 Å². The molecule has 20 nitrogen and oxygen atoms in total. The van der Waals surface area contributed by atoms with Crippen molar-refractivity contribution in [1.82, 2.24) is 10.4 Å². The molecule has 0 saturated carbocycles. The van der Waals surface area contributed by atoms with Gasteiger partial charge in [-0.15, -0.1) is 5.06 Å². The summed E-state index contributed by atoms with van der Waals surface area (Å²) < 4.78 is 71.6. The van der Waals surface area contributed by atoms with Crippen LogP contribution in [-0.4, -0.2) is 200 Å². The lowest BCUT2D eigenvalue weighted by atomic mass is 10.0. The van der Waals surface area contributed by atoms with E-state index in [1.165, 1.54) is 0 Å². The minimum Gasteiger partial charge on any atom is -0.378 e. The molecule has 1 heterocycles. The molecule has 370 valence electrons. The molecule has 1 saturated heterocycles. The van der Waals surface area contributed by atoms with Crippen LogP contribution >= 0.6 is 0 Å². The molecule has 3 rings (SSSR count). The number of ether oxygens (including phenoxy) is 13. The smallest absolute Gasteiger partial charge is 0.335 e. The second-order valence-electron chi connectivity index (χ2n) is 14.3. The van der Waals surface area contributed by atoms with Crippen LogP contribution in [0.2, 0.25) is 0 Å². The van der Waals surface area contributed by atoms with Gasteiger partial charge in [-0.2, -0.15) is 0 Å². The lowest BCUT2D eigenvalue weighted by Crippen LogP contribution is -2.32. The fourth-order valence-corrected chi connectivity index (χ4v) is 5.70. The lowest BCUT2D eigenvalue weighted by molar-refractivity contribution is -0.198. The minimum absolute atomic E-state index is 0.0545. The van der Waals surface area contributed by atoms with Gasteiger partial charge in [-0.05, 0) is 37.0 Å². The van der Waals surface area contributed by atoms with Gasteiger partial charge in [0.2, 0.25) is 0 Å². The Kier molecular flexibility index (Phi) is 34.1. The quantitative estimate of drug-likeness (QED) is 0.0565. The summed E-state index contributed by atoms with van der Waals surface area (Å²) in [6.45, 7) is 11.1. The number of rotatable bonds is 44. The van der Waals surface area contributed by atoms with Crippen LogP contribution in [0, 0.1) is 0 Å². The number of carbonyl (C=O) groups excluding carboxylic acids is 4. The van der Waals surface area contributed by atoms with Crippen LogP contribution in [-0.2, 0) is 87.4 Å². The van der Waals surface area contributed by atoms with Crippen molar-refractivity contribution < 1.29 is 85.6 Å². The molecule has 1 fully saturated rings.